The van der Waals surface area contributed by atoms with Gasteiger partial charge in [0.25, 0.3) is 0 Å². The Hall–Kier alpha value is -2.83. The summed E-state index contributed by atoms with van der Waals surface area (Å²) in [5.41, 5.74) is 3.08. The maximum Gasteiger partial charge on any atom is 0.228 e. The third kappa shape index (κ3) is 6.32. The number of pyridine rings is 1. The second kappa shape index (κ2) is 11.5. The normalized spacial score (nSPS) is 12.8. The molecule has 1 amide bonds. The van der Waals surface area contributed by atoms with Crippen molar-refractivity contribution in [3.63, 3.8) is 0 Å². The number of fused-ring (bicyclic) bond motifs is 1. The van der Waals surface area contributed by atoms with E-state index in [0.29, 0.717) is 11.4 Å². The SMILES string of the molecule is C#CC[C@@H](C(=O)Nc1ccc(Cl)cc1)[C@H](CCC)CCCc1ccnc2ccccc12. The lowest BCUT2D eigenvalue weighted by Gasteiger charge is -2.25. The highest BCUT2D eigenvalue weighted by Gasteiger charge is 2.27. The fourth-order valence-corrected chi connectivity index (χ4v) is 4.34. The summed E-state index contributed by atoms with van der Waals surface area (Å²) >= 11 is 5.95. The van der Waals surface area contributed by atoms with E-state index < -0.39 is 0 Å². The molecule has 3 rings (SSSR count). The van der Waals surface area contributed by atoms with Crippen LogP contribution in [0.1, 0.15) is 44.6 Å². The highest BCUT2D eigenvalue weighted by molar-refractivity contribution is 6.30. The van der Waals surface area contributed by atoms with Crippen LogP contribution in [0.2, 0.25) is 5.02 Å². The standard InChI is InChI=1S/C27H29ClN2O/c1-3-8-20(10-7-11-21-18-19-29-26-13-6-5-12-24(21)26)25(9-4-2)27(31)30-23-16-14-22(28)15-17-23/h2,5-6,12-20,25H,3,7-11H2,1H3,(H,30,31)/t20-,25-/m1/s1. The van der Waals surface area contributed by atoms with Gasteiger partial charge in [-0.25, -0.2) is 0 Å². The Kier molecular flexibility index (Phi) is 8.50. The molecule has 2 aromatic carbocycles. The Balaban J connectivity index is 1.67. The Morgan fingerprint density at radius 2 is 1.90 bits per heavy atom. The molecule has 0 saturated carbocycles. The zero-order valence-electron chi connectivity index (χ0n) is 18.0. The van der Waals surface area contributed by atoms with Crippen LogP contribution in [0.15, 0.2) is 60.8 Å². The van der Waals surface area contributed by atoms with Crippen LogP contribution in [0, 0.1) is 24.2 Å². The molecule has 0 radical (unpaired) electrons. The number of benzene rings is 2. The molecular weight excluding hydrogens is 404 g/mol. The number of rotatable bonds is 10. The Morgan fingerprint density at radius 3 is 2.65 bits per heavy atom. The zero-order chi connectivity index (χ0) is 22.1. The smallest absolute Gasteiger partial charge is 0.228 e. The van der Waals surface area contributed by atoms with Gasteiger partial charge in [0.15, 0.2) is 0 Å². The molecule has 3 nitrogen and oxygen atoms in total. The van der Waals surface area contributed by atoms with Crippen molar-refractivity contribution in [3.8, 4) is 12.3 Å². The van der Waals surface area contributed by atoms with Crippen LogP contribution in [0.25, 0.3) is 10.9 Å². The molecule has 0 fully saturated rings. The third-order valence-corrected chi connectivity index (χ3v) is 6.03. The van der Waals surface area contributed by atoms with Crippen LogP contribution >= 0.6 is 11.6 Å². The molecule has 2 atom stereocenters. The Labute approximate surface area is 190 Å². The molecule has 0 bridgehead atoms. The van der Waals surface area contributed by atoms with Crippen LogP contribution in [-0.4, -0.2) is 10.9 Å². The third-order valence-electron chi connectivity index (χ3n) is 5.78. The molecule has 0 spiro atoms. The number of halogens is 1. The van der Waals surface area contributed by atoms with E-state index in [0.717, 1.165) is 43.3 Å². The van der Waals surface area contributed by atoms with Crippen molar-refractivity contribution in [2.75, 3.05) is 5.32 Å². The average Bonchev–Trinajstić information content (AvgIpc) is 2.78. The number of aromatic nitrogens is 1. The monoisotopic (exact) mass is 432 g/mol. The highest BCUT2D eigenvalue weighted by Crippen LogP contribution is 2.29. The summed E-state index contributed by atoms with van der Waals surface area (Å²) in [4.78, 5) is 17.5. The predicted octanol–water partition coefficient (Wildman–Crippen LogP) is 6.91. The maximum absolute atomic E-state index is 13.1. The topological polar surface area (TPSA) is 42.0 Å². The van der Waals surface area contributed by atoms with Crippen molar-refractivity contribution in [1.82, 2.24) is 4.98 Å². The van der Waals surface area contributed by atoms with Crippen molar-refractivity contribution in [2.45, 2.75) is 45.4 Å². The lowest BCUT2D eigenvalue weighted by molar-refractivity contribution is -0.121. The quantitative estimate of drug-likeness (QED) is 0.354. The average molecular weight is 433 g/mol. The largest absolute Gasteiger partial charge is 0.326 e. The fraction of sp³-hybridized carbons (Fsp3) is 0.333. The summed E-state index contributed by atoms with van der Waals surface area (Å²) in [6, 6.07) is 17.5. The van der Waals surface area contributed by atoms with Gasteiger partial charge in [-0.2, -0.15) is 0 Å². The van der Waals surface area contributed by atoms with Gasteiger partial charge in [-0.3, -0.25) is 9.78 Å². The number of hydrogen-bond acceptors (Lipinski definition) is 2. The number of terminal acetylenes is 1. The first-order chi connectivity index (χ1) is 15.1. The highest BCUT2D eigenvalue weighted by atomic mass is 35.5. The van der Waals surface area contributed by atoms with Gasteiger partial charge in [-0.05, 0) is 73.6 Å². The van der Waals surface area contributed by atoms with Gasteiger partial charge in [0.1, 0.15) is 0 Å². The van der Waals surface area contributed by atoms with Crippen LogP contribution < -0.4 is 5.32 Å². The molecule has 4 heteroatoms. The number of nitrogens with zero attached hydrogens (tertiary/aromatic N) is 1. The number of para-hydroxylation sites is 1. The first kappa shape index (κ1) is 22.8. The lowest BCUT2D eigenvalue weighted by Crippen LogP contribution is -2.29. The zero-order valence-corrected chi connectivity index (χ0v) is 18.7. The minimum absolute atomic E-state index is 0.00640. The van der Waals surface area contributed by atoms with E-state index in [1.54, 1.807) is 12.1 Å². The Morgan fingerprint density at radius 1 is 1.13 bits per heavy atom. The molecule has 31 heavy (non-hydrogen) atoms. The van der Waals surface area contributed by atoms with Gasteiger partial charge in [0, 0.05) is 28.7 Å². The van der Waals surface area contributed by atoms with Crippen molar-refractivity contribution >= 4 is 34.1 Å². The molecule has 3 aromatic rings. The minimum atomic E-state index is -0.199. The number of nitrogens with one attached hydrogen (secondary N) is 1. The molecule has 1 aromatic heterocycles. The molecule has 0 aliphatic heterocycles. The maximum atomic E-state index is 13.1. The van der Waals surface area contributed by atoms with Gasteiger partial charge < -0.3 is 5.32 Å². The molecule has 0 saturated heterocycles. The molecule has 1 heterocycles. The molecule has 1 N–H and O–H groups in total. The lowest BCUT2D eigenvalue weighted by atomic mass is 9.81. The van der Waals surface area contributed by atoms with Gasteiger partial charge >= 0.3 is 0 Å². The van der Waals surface area contributed by atoms with E-state index in [4.69, 9.17) is 18.0 Å². The second-order valence-corrected chi connectivity index (χ2v) is 8.38. The van der Waals surface area contributed by atoms with Crippen molar-refractivity contribution < 1.29 is 4.79 Å². The molecule has 0 unspecified atom stereocenters. The van der Waals surface area contributed by atoms with E-state index >= 15 is 0 Å². The van der Waals surface area contributed by atoms with Crippen LogP contribution in [0.5, 0.6) is 0 Å². The van der Waals surface area contributed by atoms with E-state index in [1.807, 2.05) is 30.5 Å². The summed E-state index contributed by atoms with van der Waals surface area (Å²) in [6.07, 6.45) is 12.9. The van der Waals surface area contributed by atoms with Crippen LogP contribution in [-0.2, 0) is 11.2 Å². The second-order valence-electron chi connectivity index (χ2n) is 7.94. The van der Waals surface area contributed by atoms with Gasteiger partial charge in [-0.1, -0.05) is 43.1 Å². The molecule has 160 valence electrons. The summed E-state index contributed by atoms with van der Waals surface area (Å²) < 4.78 is 0. The number of carbonyl (C=O) groups is 1. The van der Waals surface area contributed by atoms with E-state index in [1.165, 1.54) is 10.9 Å². The van der Waals surface area contributed by atoms with Crippen molar-refractivity contribution in [2.24, 2.45) is 11.8 Å². The summed E-state index contributed by atoms with van der Waals surface area (Å²) in [7, 11) is 0. The number of amides is 1. The molecule has 0 aliphatic carbocycles. The van der Waals surface area contributed by atoms with Crippen molar-refractivity contribution in [3.05, 3.63) is 71.4 Å². The van der Waals surface area contributed by atoms with E-state index in [9.17, 15) is 4.79 Å². The van der Waals surface area contributed by atoms with Gasteiger partial charge in [-0.15, -0.1) is 12.3 Å². The fourth-order valence-electron chi connectivity index (χ4n) is 4.21. The van der Waals surface area contributed by atoms with Gasteiger partial charge in [0.2, 0.25) is 5.91 Å². The summed E-state index contributed by atoms with van der Waals surface area (Å²) in [5.74, 6) is 2.77. The number of carbonyl (C=O) groups excluding carboxylic acids is 1. The molecular formula is C27H29ClN2O. The first-order valence-electron chi connectivity index (χ1n) is 10.9. The molecule has 0 aliphatic rings. The number of hydrogen-bond donors (Lipinski definition) is 1. The Bertz CT molecular complexity index is 1030. The van der Waals surface area contributed by atoms with Gasteiger partial charge in [0.05, 0.1) is 11.4 Å². The summed E-state index contributed by atoms with van der Waals surface area (Å²) in [6.45, 7) is 2.16. The predicted molar refractivity (Wildman–Crippen MR) is 130 cm³/mol. The van der Waals surface area contributed by atoms with E-state index in [-0.39, 0.29) is 17.7 Å². The van der Waals surface area contributed by atoms with Crippen molar-refractivity contribution in [1.29, 1.82) is 0 Å². The first-order valence-corrected chi connectivity index (χ1v) is 11.3. The minimum Gasteiger partial charge on any atom is -0.326 e. The van der Waals surface area contributed by atoms with E-state index in [2.05, 4.69) is 41.3 Å². The number of aryl methyl sites for hydroxylation is 1. The van der Waals surface area contributed by atoms with Crippen LogP contribution in [0.4, 0.5) is 5.69 Å². The van der Waals surface area contributed by atoms with Crippen LogP contribution in [0.3, 0.4) is 0 Å². The number of anilines is 1. The summed E-state index contributed by atoms with van der Waals surface area (Å²) in [5, 5.41) is 4.87.